The van der Waals surface area contributed by atoms with Crippen molar-refractivity contribution in [3.05, 3.63) is 17.9 Å². The van der Waals surface area contributed by atoms with E-state index in [1.807, 2.05) is 0 Å². The molecule has 0 bridgehead atoms. The Morgan fingerprint density at radius 1 is 1.32 bits per heavy atom. The number of ether oxygens (including phenoxy) is 1. The average molecular weight is 342 g/mol. The van der Waals surface area contributed by atoms with E-state index in [1.165, 1.54) is 11.0 Å². The Kier molecular flexibility index (Phi) is 3.16. The van der Waals surface area contributed by atoms with Crippen molar-refractivity contribution in [2.75, 3.05) is 16.3 Å². The van der Waals surface area contributed by atoms with Crippen molar-refractivity contribution in [1.82, 2.24) is 0 Å². The first-order valence-electron chi connectivity index (χ1n) is 8.03. The molecule has 1 aliphatic carbocycles. The monoisotopic (exact) mass is 342 g/mol. The highest BCUT2D eigenvalue weighted by Gasteiger charge is 2.58. The van der Waals surface area contributed by atoms with Gasteiger partial charge in [0.2, 0.25) is 11.8 Å². The topological polar surface area (TPSA) is 66.9 Å². The predicted octanol–water partition coefficient (Wildman–Crippen LogP) is 1.62. The zero-order valence-corrected chi connectivity index (χ0v) is 13.5. The first-order valence-corrected chi connectivity index (χ1v) is 8.03. The average Bonchev–Trinajstić information content (AvgIpc) is 3.28. The quantitative estimate of drug-likeness (QED) is 0.605. The molecule has 2 fully saturated rings. The number of amides is 3. The maximum absolute atomic E-state index is 14.6. The smallest absolute Gasteiger partial charge is 0.272 e. The fourth-order valence-electron chi connectivity index (χ4n) is 3.32. The second-order valence-electron chi connectivity index (χ2n) is 6.64. The van der Waals surface area contributed by atoms with Crippen LogP contribution >= 0.6 is 0 Å². The minimum Gasteiger partial charge on any atom is -0.475 e. The van der Waals surface area contributed by atoms with Crippen LogP contribution in [0.3, 0.4) is 0 Å². The highest BCUT2D eigenvalue weighted by molar-refractivity contribution is 6.21. The molecular formula is C18H15FN2O4. The maximum atomic E-state index is 14.6. The molecule has 3 aliphatic rings. The number of hydrogen-bond donors (Lipinski definition) is 0. The number of terminal acetylenes is 1. The van der Waals surface area contributed by atoms with Crippen molar-refractivity contribution in [3.8, 4) is 18.1 Å². The molecule has 4 rings (SSSR count). The Balaban J connectivity index is 1.83. The number of benzene rings is 1. The maximum Gasteiger partial charge on any atom is 0.272 e. The number of rotatable bonds is 2. The first kappa shape index (κ1) is 15.6. The molecule has 7 heteroatoms. The van der Waals surface area contributed by atoms with Crippen molar-refractivity contribution in [1.29, 1.82) is 0 Å². The standard InChI is InChI=1S/C18H15FN2O4/c1-3-6-20-13-9-12(21-15(22)7-10(2)16(21)23)11(19)8-14(13)25-18(4-5-18)17(20)24/h1,8-10H,4-7H2,2H3. The second-order valence-corrected chi connectivity index (χ2v) is 6.64. The number of anilines is 2. The van der Waals surface area contributed by atoms with Crippen molar-refractivity contribution < 1.29 is 23.5 Å². The molecule has 1 aromatic rings. The van der Waals surface area contributed by atoms with Gasteiger partial charge in [0.25, 0.3) is 5.91 Å². The summed E-state index contributed by atoms with van der Waals surface area (Å²) in [5, 5.41) is 0. The van der Waals surface area contributed by atoms with Gasteiger partial charge in [0, 0.05) is 31.2 Å². The molecule has 128 valence electrons. The van der Waals surface area contributed by atoms with E-state index < -0.39 is 29.2 Å². The third-order valence-corrected chi connectivity index (χ3v) is 4.83. The molecule has 3 amide bonds. The van der Waals surface area contributed by atoms with Gasteiger partial charge in [-0.25, -0.2) is 9.29 Å². The summed E-state index contributed by atoms with van der Waals surface area (Å²) in [4.78, 5) is 39.1. The molecule has 1 spiro atoms. The van der Waals surface area contributed by atoms with Gasteiger partial charge in [-0.15, -0.1) is 6.42 Å². The lowest BCUT2D eigenvalue weighted by atomic mass is 10.1. The van der Waals surface area contributed by atoms with E-state index in [0.717, 1.165) is 11.0 Å². The van der Waals surface area contributed by atoms with Crippen molar-refractivity contribution in [3.63, 3.8) is 0 Å². The molecule has 6 nitrogen and oxygen atoms in total. The molecule has 1 aromatic carbocycles. The van der Waals surface area contributed by atoms with Crippen LogP contribution < -0.4 is 14.5 Å². The van der Waals surface area contributed by atoms with Crippen molar-refractivity contribution in [2.24, 2.45) is 5.92 Å². The lowest BCUT2D eigenvalue weighted by molar-refractivity contribution is -0.128. The van der Waals surface area contributed by atoms with E-state index >= 15 is 0 Å². The summed E-state index contributed by atoms with van der Waals surface area (Å²) < 4.78 is 20.3. The minimum absolute atomic E-state index is 0.000309. The van der Waals surface area contributed by atoms with Gasteiger partial charge in [0.05, 0.1) is 17.9 Å². The molecule has 2 heterocycles. The van der Waals surface area contributed by atoms with Gasteiger partial charge in [-0.2, -0.15) is 0 Å². The third kappa shape index (κ3) is 2.14. The second kappa shape index (κ2) is 5.06. The Morgan fingerprint density at radius 2 is 2.04 bits per heavy atom. The number of carbonyl (C=O) groups excluding carboxylic acids is 3. The Hall–Kier alpha value is -2.88. The highest BCUT2D eigenvalue weighted by atomic mass is 19.1. The molecule has 0 aromatic heterocycles. The summed E-state index contributed by atoms with van der Waals surface area (Å²) in [6, 6.07) is 2.41. The number of fused-ring (bicyclic) bond motifs is 1. The fraction of sp³-hybridized carbons (Fsp3) is 0.389. The lowest BCUT2D eigenvalue weighted by Gasteiger charge is -2.34. The Morgan fingerprint density at radius 3 is 2.60 bits per heavy atom. The zero-order chi connectivity index (χ0) is 17.9. The van der Waals surface area contributed by atoms with Crippen molar-refractivity contribution >= 4 is 29.1 Å². The van der Waals surface area contributed by atoms with E-state index in [-0.39, 0.29) is 36.0 Å². The first-order chi connectivity index (χ1) is 11.9. The third-order valence-electron chi connectivity index (χ3n) is 4.83. The van der Waals surface area contributed by atoms with Crippen LogP contribution in [0.5, 0.6) is 5.75 Å². The van der Waals surface area contributed by atoms with Crippen LogP contribution in [0.15, 0.2) is 12.1 Å². The number of carbonyl (C=O) groups is 3. The molecular weight excluding hydrogens is 327 g/mol. The van der Waals surface area contributed by atoms with Gasteiger partial charge in [-0.05, 0) is 6.07 Å². The van der Waals surface area contributed by atoms with Gasteiger partial charge in [-0.3, -0.25) is 19.3 Å². The van der Waals surface area contributed by atoms with Gasteiger partial charge in [0.1, 0.15) is 5.75 Å². The molecule has 1 saturated heterocycles. The van der Waals surface area contributed by atoms with Crippen LogP contribution in [0, 0.1) is 24.1 Å². The molecule has 1 saturated carbocycles. The normalized spacial score (nSPS) is 23.6. The SMILES string of the molecule is C#CCN1C(=O)C2(CC2)Oc2cc(F)c(N3C(=O)CC(C)C3=O)cc21. The molecule has 1 atom stereocenters. The van der Waals surface area contributed by atoms with Crippen molar-refractivity contribution in [2.45, 2.75) is 31.8 Å². The Labute approximate surface area is 143 Å². The lowest BCUT2D eigenvalue weighted by Crippen LogP contribution is -2.48. The van der Waals surface area contributed by atoms with E-state index in [4.69, 9.17) is 11.2 Å². The summed E-state index contributed by atoms with van der Waals surface area (Å²) in [7, 11) is 0. The summed E-state index contributed by atoms with van der Waals surface area (Å²) in [5.41, 5.74) is -0.855. The summed E-state index contributed by atoms with van der Waals surface area (Å²) >= 11 is 0. The molecule has 25 heavy (non-hydrogen) atoms. The molecule has 0 N–H and O–H groups in total. The van der Waals surface area contributed by atoms with E-state index in [2.05, 4.69) is 5.92 Å². The van der Waals surface area contributed by atoms with E-state index in [0.29, 0.717) is 12.8 Å². The van der Waals surface area contributed by atoms with Crippen LogP contribution in [0.25, 0.3) is 0 Å². The minimum atomic E-state index is -0.953. The van der Waals surface area contributed by atoms with Crippen LogP contribution in [-0.4, -0.2) is 29.9 Å². The number of imide groups is 1. The molecule has 0 radical (unpaired) electrons. The van der Waals surface area contributed by atoms with E-state index in [1.54, 1.807) is 6.92 Å². The molecule has 2 aliphatic heterocycles. The van der Waals surface area contributed by atoms with Crippen LogP contribution in [-0.2, 0) is 14.4 Å². The summed E-state index contributed by atoms with van der Waals surface area (Å²) in [6.45, 7) is 1.62. The van der Waals surface area contributed by atoms with Gasteiger partial charge in [-0.1, -0.05) is 12.8 Å². The fourth-order valence-corrected chi connectivity index (χ4v) is 3.32. The van der Waals surface area contributed by atoms with Gasteiger partial charge < -0.3 is 4.74 Å². The Bertz CT molecular complexity index is 869. The number of hydrogen-bond acceptors (Lipinski definition) is 4. The van der Waals surface area contributed by atoms with E-state index in [9.17, 15) is 18.8 Å². The predicted molar refractivity (Wildman–Crippen MR) is 86.5 cm³/mol. The number of halogens is 1. The van der Waals surface area contributed by atoms with Crippen LogP contribution in [0.4, 0.5) is 15.8 Å². The van der Waals surface area contributed by atoms with Gasteiger partial charge >= 0.3 is 0 Å². The van der Waals surface area contributed by atoms with Gasteiger partial charge in [0.15, 0.2) is 11.4 Å². The largest absolute Gasteiger partial charge is 0.475 e. The van der Waals surface area contributed by atoms with Crippen LogP contribution in [0.2, 0.25) is 0 Å². The van der Waals surface area contributed by atoms with Crippen LogP contribution in [0.1, 0.15) is 26.2 Å². The summed E-state index contributed by atoms with van der Waals surface area (Å²) in [6.07, 6.45) is 6.50. The molecule has 1 unspecified atom stereocenters. The zero-order valence-electron chi connectivity index (χ0n) is 13.5. The number of nitrogens with zero attached hydrogens (tertiary/aromatic N) is 2. The summed E-state index contributed by atoms with van der Waals surface area (Å²) in [5.74, 6) is 0.144. The highest BCUT2D eigenvalue weighted by Crippen LogP contribution is 2.50.